The smallest absolute Gasteiger partial charge is 0.255 e. The van der Waals surface area contributed by atoms with Gasteiger partial charge in [-0.1, -0.05) is 18.2 Å². The second-order valence-electron chi connectivity index (χ2n) is 7.03. The van der Waals surface area contributed by atoms with E-state index >= 15 is 0 Å². The largest absolute Gasteiger partial charge is 0.454 e. The number of aromatic nitrogens is 2. The minimum absolute atomic E-state index is 0.172. The van der Waals surface area contributed by atoms with E-state index in [9.17, 15) is 9.18 Å². The van der Waals surface area contributed by atoms with Crippen molar-refractivity contribution in [2.24, 2.45) is 0 Å². The monoisotopic (exact) mass is 428 g/mol. The third-order valence-electron chi connectivity index (χ3n) is 4.82. The summed E-state index contributed by atoms with van der Waals surface area (Å²) < 4.78 is 24.0. The molecule has 1 aromatic heterocycles. The number of fused-ring (bicyclic) bond motifs is 1. The van der Waals surface area contributed by atoms with Gasteiger partial charge in [0.25, 0.3) is 5.91 Å². The molecule has 2 heterocycles. The first-order valence-corrected chi connectivity index (χ1v) is 9.80. The van der Waals surface area contributed by atoms with Gasteiger partial charge in [0, 0.05) is 41.0 Å². The molecule has 0 bridgehead atoms. The van der Waals surface area contributed by atoms with Crippen molar-refractivity contribution in [1.29, 1.82) is 0 Å². The Morgan fingerprint density at radius 1 is 0.844 bits per heavy atom. The predicted molar refractivity (Wildman–Crippen MR) is 118 cm³/mol. The molecule has 7 nitrogen and oxygen atoms in total. The predicted octanol–water partition coefficient (Wildman–Crippen LogP) is 5.01. The molecular formula is C24H17FN4O3. The lowest BCUT2D eigenvalue weighted by Gasteiger charge is -2.09. The number of halogens is 1. The van der Waals surface area contributed by atoms with Gasteiger partial charge in [-0.05, 0) is 48.0 Å². The van der Waals surface area contributed by atoms with Crippen LogP contribution in [0.25, 0.3) is 11.1 Å². The zero-order valence-electron chi connectivity index (χ0n) is 16.7. The fraction of sp³-hybridized carbons (Fsp3) is 0.0417. The van der Waals surface area contributed by atoms with Crippen molar-refractivity contribution >= 4 is 23.2 Å². The van der Waals surface area contributed by atoms with Crippen LogP contribution in [0.15, 0.2) is 79.1 Å². The summed E-state index contributed by atoms with van der Waals surface area (Å²) in [4.78, 5) is 21.2. The van der Waals surface area contributed by atoms with Crippen LogP contribution in [0.4, 0.5) is 21.7 Å². The second kappa shape index (κ2) is 8.35. The van der Waals surface area contributed by atoms with Gasteiger partial charge in [-0.15, -0.1) is 0 Å². The molecule has 1 aliphatic rings. The van der Waals surface area contributed by atoms with Crippen molar-refractivity contribution in [3.63, 3.8) is 0 Å². The second-order valence-corrected chi connectivity index (χ2v) is 7.03. The molecule has 158 valence electrons. The first-order valence-electron chi connectivity index (χ1n) is 9.80. The molecule has 0 radical (unpaired) electrons. The van der Waals surface area contributed by atoms with Crippen LogP contribution in [0.3, 0.4) is 0 Å². The summed E-state index contributed by atoms with van der Waals surface area (Å²) in [6, 6.07) is 18.4. The van der Waals surface area contributed by atoms with Crippen LogP contribution in [0.5, 0.6) is 11.5 Å². The fourth-order valence-electron chi connectivity index (χ4n) is 3.25. The number of amides is 1. The van der Waals surface area contributed by atoms with Gasteiger partial charge in [0.1, 0.15) is 5.82 Å². The number of anilines is 3. The van der Waals surface area contributed by atoms with Crippen molar-refractivity contribution < 1.29 is 18.7 Å². The first-order chi connectivity index (χ1) is 15.6. The molecule has 0 saturated carbocycles. The average molecular weight is 428 g/mol. The molecular weight excluding hydrogens is 411 g/mol. The summed E-state index contributed by atoms with van der Waals surface area (Å²) in [6.45, 7) is 0.172. The Morgan fingerprint density at radius 3 is 2.50 bits per heavy atom. The van der Waals surface area contributed by atoms with E-state index in [2.05, 4.69) is 20.6 Å². The van der Waals surface area contributed by atoms with E-state index in [1.165, 1.54) is 12.1 Å². The fourth-order valence-corrected chi connectivity index (χ4v) is 3.25. The maximum atomic E-state index is 13.4. The van der Waals surface area contributed by atoms with Crippen molar-refractivity contribution in [3.05, 3.63) is 90.5 Å². The van der Waals surface area contributed by atoms with Crippen LogP contribution >= 0.6 is 0 Å². The van der Waals surface area contributed by atoms with Crippen molar-refractivity contribution in [2.45, 2.75) is 0 Å². The van der Waals surface area contributed by atoms with Gasteiger partial charge >= 0.3 is 0 Å². The maximum absolute atomic E-state index is 13.4. The summed E-state index contributed by atoms with van der Waals surface area (Å²) >= 11 is 0. The van der Waals surface area contributed by atoms with Gasteiger partial charge in [0.15, 0.2) is 11.5 Å². The standard InChI is InChI=1S/C24H17FN4O3/c25-18-5-1-3-15(9-18)17-12-26-24(27-13-17)29-19-6-2-4-16(10-19)23(30)28-20-7-8-21-22(11-20)32-14-31-21/h1-13H,14H2,(H,28,30)(H,26,27,29). The number of carbonyl (C=O) groups excluding carboxylic acids is 1. The zero-order valence-corrected chi connectivity index (χ0v) is 16.7. The summed E-state index contributed by atoms with van der Waals surface area (Å²) in [5, 5.41) is 5.92. The molecule has 1 aliphatic heterocycles. The Balaban J connectivity index is 1.28. The van der Waals surface area contributed by atoms with Gasteiger partial charge in [-0.3, -0.25) is 4.79 Å². The van der Waals surface area contributed by atoms with Crippen molar-refractivity contribution in [3.8, 4) is 22.6 Å². The summed E-state index contributed by atoms with van der Waals surface area (Å²) in [5.74, 6) is 1.02. The topological polar surface area (TPSA) is 85.4 Å². The highest BCUT2D eigenvalue weighted by molar-refractivity contribution is 6.05. The number of benzene rings is 3. The molecule has 0 atom stereocenters. The SMILES string of the molecule is O=C(Nc1ccc2c(c1)OCO2)c1cccc(Nc2ncc(-c3cccc(F)c3)cn2)c1. The minimum atomic E-state index is -0.319. The van der Waals surface area contributed by atoms with E-state index in [0.717, 1.165) is 0 Å². The minimum Gasteiger partial charge on any atom is -0.454 e. The lowest BCUT2D eigenvalue weighted by Crippen LogP contribution is -2.12. The van der Waals surface area contributed by atoms with E-state index < -0.39 is 0 Å². The van der Waals surface area contributed by atoms with Gasteiger partial charge in [-0.2, -0.15) is 0 Å². The van der Waals surface area contributed by atoms with Gasteiger partial charge in [0.05, 0.1) is 0 Å². The van der Waals surface area contributed by atoms with Crippen molar-refractivity contribution in [1.82, 2.24) is 9.97 Å². The van der Waals surface area contributed by atoms with Crippen LogP contribution in [0.2, 0.25) is 0 Å². The average Bonchev–Trinajstić information content (AvgIpc) is 3.28. The maximum Gasteiger partial charge on any atom is 0.255 e. The lowest BCUT2D eigenvalue weighted by atomic mass is 10.1. The molecule has 3 aromatic carbocycles. The van der Waals surface area contributed by atoms with E-state index in [-0.39, 0.29) is 18.5 Å². The summed E-state index contributed by atoms with van der Waals surface area (Å²) in [7, 11) is 0. The Bertz CT molecular complexity index is 1290. The highest BCUT2D eigenvalue weighted by Gasteiger charge is 2.15. The number of carbonyl (C=O) groups is 1. The molecule has 1 amide bonds. The Hall–Kier alpha value is -4.46. The molecule has 0 aliphatic carbocycles. The van der Waals surface area contributed by atoms with E-state index in [4.69, 9.17) is 9.47 Å². The zero-order chi connectivity index (χ0) is 21.9. The van der Waals surface area contributed by atoms with Gasteiger partial charge in [0.2, 0.25) is 12.7 Å². The Morgan fingerprint density at radius 2 is 1.66 bits per heavy atom. The highest BCUT2D eigenvalue weighted by Crippen LogP contribution is 2.34. The molecule has 0 spiro atoms. The number of ether oxygens (including phenoxy) is 2. The molecule has 2 N–H and O–H groups in total. The van der Waals surface area contributed by atoms with E-state index in [1.54, 1.807) is 67.0 Å². The van der Waals surface area contributed by atoms with Crippen LogP contribution in [0, 0.1) is 5.82 Å². The third kappa shape index (κ3) is 4.20. The van der Waals surface area contributed by atoms with E-state index in [0.29, 0.717) is 45.5 Å². The lowest BCUT2D eigenvalue weighted by molar-refractivity contribution is 0.102. The summed E-state index contributed by atoms with van der Waals surface area (Å²) in [6.07, 6.45) is 3.22. The molecule has 5 rings (SSSR count). The van der Waals surface area contributed by atoms with Crippen LogP contribution in [-0.2, 0) is 0 Å². The molecule has 0 fully saturated rings. The van der Waals surface area contributed by atoms with Gasteiger partial charge < -0.3 is 20.1 Å². The normalized spacial score (nSPS) is 11.8. The van der Waals surface area contributed by atoms with Crippen LogP contribution < -0.4 is 20.1 Å². The Labute approximate surface area is 182 Å². The van der Waals surface area contributed by atoms with Gasteiger partial charge in [-0.25, -0.2) is 14.4 Å². The molecule has 8 heteroatoms. The molecule has 4 aromatic rings. The molecule has 0 unspecified atom stereocenters. The number of hydrogen-bond acceptors (Lipinski definition) is 6. The summed E-state index contributed by atoms with van der Waals surface area (Å²) in [5.41, 5.74) is 3.12. The third-order valence-corrected chi connectivity index (χ3v) is 4.82. The number of nitrogens with zero attached hydrogens (tertiary/aromatic N) is 2. The number of nitrogens with one attached hydrogen (secondary N) is 2. The van der Waals surface area contributed by atoms with Crippen LogP contribution in [0.1, 0.15) is 10.4 Å². The van der Waals surface area contributed by atoms with Crippen molar-refractivity contribution in [2.75, 3.05) is 17.4 Å². The molecule has 0 saturated heterocycles. The Kier molecular flexibility index (Phi) is 5.09. The number of hydrogen-bond donors (Lipinski definition) is 2. The highest BCUT2D eigenvalue weighted by atomic mass is 19.1. The molecule has 32 heavy (non-hydrogen) atoms. The first kappa shape index (κ1) is 19.5. The van der Waals surface area contributed by atoms with E-state index in [1.807, 2.05) is 0 Å². The van der Waals surface area contributed by atoms with Crippen LogP contribution in [-0.4, -0.2) is 22.7 Å². The number of rotatable bonds is 5. The quantitative estimate of drug-likeness (QED) is 0.465.